The summed E-state index contributed by atoms with van der Waals surface area (Å²) in [6, 6.07) is 10.3. The van der Waals surface area contributed by atoms with Gasteiger partial charge in [0.05, 0.1) is 5.69 Å². The number of benzene rings is 1. The van der Waals surface area contributed by atoms with E-state index in [4.69, 9.17) is 5.10 Å². The Balaban J connectivity index is 1.57. The van der Waals surface area contributed by atoms with Crippen LogP contribution in [-0.2, 0) is 4.79 Å². The van der Waals surface area contributed by atoms with E-state index in [2.05, 4.69) is 52.5 Å². The first-order valence-corrected chi connectivity index (χ1v) is 10.6. The number of aromatic nitrogens is 4. The number of carbonyl (C=O) groups is 1. The standard InChI is InChI=1S/C23H26N6O/c1-14-6-7-15(2)17(12-14)18-13-21(30)24-23-22(18)16(3)27-29(23)20-9-8-19(25-26-20)28-10-4-5-11-28/h6-9,12,18H,4-5,10-11,13H2,1-3H3,(H,24,30)/t18-/m0/s1. The van der Waals surface area contributed by atoms with Crippen molar-refractivity contribution >= 4 is 17.5 Å². The van der Waals surface area contributed by atoms with E-state index in [9.17, 15) is 4.79 Å². The maximum absolute atomic E-state index is 12.6. The summed E-state index contributed by atoms with van der Waals surface area (Å²) in [5, 5.41) is 16.6. The predicted molar refractivity (Wildman–Crippen MR) is 116 cm³/mol. The highest BCUT2D eigenvalue weighted by atomic mass is 16.1. The lowest BCUT2D eigenvalue weighted by Crippen LogP contribution is -2.25. The van der Waals surface area contributed by atoms with Gasteiger partial charge in [0.1, 0.15) is 5.82 Å². The summed E-state index contributed by atoms with van der Waals surface area (Å²) in [4.78, 5) is 14.9. The van der Waals surface area contributed by atoms with Crippen molar-refractivity contribution < 1.29 is 4.79 Å². The smallest absolute Gasteiger partial charge is 0.226 e. The lowest BCUT2D eigenvalue weighted by atomic mass is 9.83. The Morgan fingerprint density at radius 1 is 1.00 bits per heavy atom. The summed E-state index contributed by atoms with van der Waals surface area (Å²) in [6.07, 6.45) is 2.81. The Kier molecular flexibility index (Phi) is 4.53. The van der Waals surface area contributed by atoms with Gasteiger partial charge in [0.15, 0.2) is 11.6 Å². The van der Waals surface area contributed by atoms with Crippen molar-refractivity contribution in [2.75, 3.05) is 23.3 Å². The number of anilines is 2. The Hall–Kier alpha value is -3.22. The SMILES string of the molecule is Cc1ccc(C)c([C@@H]2CC(=O)Nc3c2c(C)nn3-c2ccc(N3CCCC3)nn2)c1. The van der Waals surface area contributed by atoms with Gasteiger partial charge in [0.2, 0.25) is 5.91 Å². The molecule has 1 saturated heterocycles. The molecule has 5 rings (SSSR count). The average Bonchev–Trinajstić information content (AvgIpc) is 3.38. The fourth-order valence-electron chi connectivity index (χ4n) is 4.66. The third kappa shape index (κ3) is 3.14. The molecule has 0 aliphatic carbocycles. The number of nitrogens with zero attached hydrogens (tertiary/aromatic N) is 5. The zero-order chi connectivity index (χ0) is 20.8. The minimum Gasteiger partial charge on any atom is -0.355 e. The molecule has 7 nitrogen and oxygen atoms in total. The van der Waals surface area contributed by atoms with Gasteiger partial charge < -0.3 is 10.2 Å². The Bertz CT molecular complexity index is 1110. The van der Waals surface area contributed by atoms with E-state index in [-0.39, 0.29) is 11.8 Å². The van der Waals surface area contributed by atoms with Gasteiger partial charge in [-0.25, -0.2) is 0 Å². The Morgan fingerprint density at radius 2 is 1.73 bits per heavy atom. The number of hydrogen-bond donors (Lipinski definition) is 1. The number of aryl methyl sites for hydroxylation is 3. The lowest BCUT2D eigenvalue weighted by molar-refractivity contribution is -0.116. The molecule has 0 unspecified atom stereocenters. The topological polar surface area (TPSA) is 75.9 Å². The predicted octanol–water partition coefficient (Wildman–Crippen LogP) is 3.66. The maximum Gasteiger partial charge on any atom is 0.226 e. The lowest BCUT2D eigenvalue weighted by Gasteiger charge is -2.25. The Labute approximate surface area is 176 Å². The van der Waals surface area contributed by atoms with Crippen LogP contribution in [0.5, 0.6) is 0 Å². The summed E-state index contributed by atoms with van der Waals surface area (Å²) < 4.78 is 1.72. The zero-order valence-corrected chi connectivity index (χ0v) is 17.6. The summed E-state index contributed by atoms with van der Waals surface area (Å²) >= 11 is 0. The van der Waals surface area contributed by atoms with Gasteiger partial charge in [-0.1, -0.05) is 23.8 Å². The summed E-state index contributed by atoms with van der Waals surface area (Å²) in [7, 11) is 0. The van der Waals surface area contributed by atoms with E-state index in [1.807, 2.05) is 19.1 Å². The van der Waals surface area contributed by atoms with Gasteiger partial charge >= 0.3 is 0 Å². The van der Waals surface area contributed by atoms with Crippen molar-refractivity contribution in [3.63, 3.8) is 0 Å². The van der Waals surface area contributed by atoms with Gasteiger partial charge in [0.25, 0.3) is 0 Å². The third-order valence-electron chi connectivity index (χ3n) is 6.20. The average molecular weight is 403 g/mol. The van der Waals surface area contributed by atoms with Crippen molar-refractivity contribution in [2.45, 2.75) is 46.0 Å². The van der Waals surface area contributed by atoms with Gasteiger partial charge in [-0.3, -0.25) is 4.79 Å². The highest BCUT2D eigenvalue weighted by Crippen LogP contribution is 2.41. The van der Waals surface area contributed by atoms with Gasteiger partial charge in [-0.15, -0.1) is 10.2 Å². The first-order chi connectivity index (χ1) is 14.5. The van der Waals surface area contributed by atoms with E-state index < -0.39 is 0 Å². The molecule has 1 N–H and O–H groups in total. The first-order valence-electron chi connectivity index (χ1n) is 10.6. The van der Waals surface area contributed by atoms with Crippen LogP contribution in [0.3, 0.4) is 0 Å². The maximum atomic E-state index is 12.6. The van der Waals surface area contributed by atoms with Crippen molar-refractivity contribution in [2.24, 2.45) is 0 Å². The molecule has 2 aliphatic heterocycles. The van der Waals surface area contributed by atoms with Crippen LogP contribution in [0.15, 0.2) is 30.3 Å². The Morgan fingerprint density at radius 3 is 2.47 bits per heavy atom. The van der Waals surface area contributed by atoms with Gasteiger partial charge in [-0.2, -0.15) is 9.78 Å². The number of amides is 1. The first kappa shape index (κ1) is 18.8. The van der Waals surface area contributed by atoms with Crippen molar-refractivity contribution in [3.05, 3.63) is 58.3 Å². The molecule has 0 saturated carbocycles. The van der Waals surface area contributed by atoms with E-state index in [1.165, 1.54) is 29.5 Å². The number of carbonyl (C=O) groups excluding carboxylic acids is 1. The molecule has 3 aromatic rings. The number of fused-ring (bicyclic) bond motifs is 1. The van der Waals surface area contributed by atoms with Crippen LogP contribution >= 0.6 is 0 Å². The van der Waals surface area contributed by atoms with Crippen LogP contribution in [0.1, 0.15) is 53.1 Å². The van der Waals surface area contributed by atoms with Crippen LogP contribution in [-0.4, -0.2) is 39.0 Å². The van der Waals surface area contributed by atoms with Gasteiger partial charge in [0, 0.05) is 31.0 Å². The number of nitrogens with one attached hydrogen (secondary N) is 1. The van der Waals surface area contributed by atoms with E-state index >= 15 is 0 Å². The van der Waals surface area contributed by atoms with E-state index in [0.717, 1.165) is 30.2 Å². The monoisotopic (exact) mass is 402 g/mol. The molecule has 1 aromatic carbocycles. The molecule has 7 heteroatoms. The van der Waals surface area contributed by atoms with Crippen LogP contribution in [0, 0.1) is 20.8 Å². The quantitative estimate of drug-likeness (QED) is 0.724. The molecule has 1 amide bonds. The molecule has 4 heterocycles. The molecule has 154 valence electrons. The largest absolute Gasteiger partial charge is 0.355 e. The molecule has 1 atom stereocenters. The number of rotatable bonds is 3. The molecule has 2 aliphatic rings. The van der Waals surface area contributed by atoms with Crippen LogP contribution in [0.25, 0.3) is 5.82 Å². The minimum atomic E-state index is -0.0146. The second-order valence-electron chi connectivity index (χ2n) is 8.37. The summed E-state index contributed by atoms with van der Waals surface area (Å²) in [6.45, 7) is 8.23. The second-order valence-corrected chi connectivity index (χ2v) is 8.37. The molecular weight excluding hydrogens is 376 g/mol. The van der Waals surface area contributed by atoms with Crippen molar-refractivity contribution in [1.29, 1.82) is 0 Å². The van der Waals surface area contributed by atoms with Gasteiger partial charge in [-0.05, 0) is 56.9 Å². The van der Waals surface area contributed by atoms with E-state index in [0.29, 0.717) is 18.1 Å². The second kappa shape index (κ2) is 7.23. The highest BCUT2D eigenvalue weighted by Gasteiger charge is 2.33. The molecule has 1 fully saturated rings. The molecule has 2 aromatic heterocycles. The summed E-state index contributed by atoms with van der Waals surface area (Å²) in [5.74, 6) is 2.20. The van der Waals surface area contributed by atoms with Crippen molar-refractivity contribution in [1.82, 2.24) is 20.0 Å². The van der Waals surface area contributed by atoms with Crippen LogP contribution < -0.4 is 10.2 Å². The fraction of sp³-hybridized carbons (Fsp3) is 0.391. The fourth-order valence-corrected chi connectivity index (χ4v) is 4.66. The molecule has 0 radical (unpaired) electrons. The summed E-state index contributed by atoms with van der Waals surface area (Å²) in [5.41, 5.74) is 5.53. The highest BCUT2D eigenvalue weighted by molar-refractivity contribution is 5.95. The third-order valence-corrected chi connectivity index (χ3v) is 6.20. The van der Waals surface area contributed by atoms with Crippen LogP contribution in [0.2, 0.25) is 0 Å². The molecule has 0 bridgehead atoms. The number of hydrogen-bond acceptors (Lipinski definition) is 5. The zero-order valence-electron chi connectivity index (χ0n) is 17.6. The molecular formula is C23H26N6O. The minimum absolute atomic E-state index is 0.00352. The normalized spacial score (nSPS) is 18.4. The van der Waals surface area contributed by atoms with Crippen LogP contribution in [0.4, 0.5) is 11.6 Å². The van der Waals surface area contributed by atoms with E-state index in [1.54, 1.807) is 4.68 Å². The molecule has 30 heavy (non-hydrogen) atoms. The van der Waals surface area contributed by atoms with Crippen molar-refractivity contribution in [3.8, 4) is 5.82 Å². The molecule has 0 spiro atoms.